The summed E-state index contributed by atoms with van der Waals surface area (Å²) in [4.78, 5) is -0.557. The van der Waals surface area contributed by atoms with E-state index >= 15 is 0 Å². The Bertz CT molecular complexity index is 701. The van der Waals surface area contributed by atoms with E-state index in [-0.39, 0.29) is 10.1 Å². The third kappa shape index (κ3) is 3.77. The Labute approximate surface area is 128 Å². The van der Waals surface area contributed by atoms with Gasteiger partial charge in [0.05, 0.1) is 9.79 Å². The summed E-state index contributed by atoms with van der Waals surface area (Å²) in [6.07, 6.45) is 0.885. The molecule has 1 heterocycles. The van der Waals surface area contributed by atoms with Crippen LogP contribution >= 0.6 is 11.8 Å². The topological polar surface area (TPSA) is 71.5 Å². The van der Waals surface area contributed by atoms with Gasteiger partial charge in [-0.2, -0.15) is 24.5 Å². The van der Waals surface area contributed by atoms with Crippen molar-refractivity contribution in [3.63, 3.8) is 0 Å². The minimum atomic E-state index is -4.81. The lowest BCUT2D eigenvalue weighted by Crippen LogP contribution is -2.41. The second-order valence-corrected chi connectivity index (χ2v) is 9.37. The van der Waals surface area contributed by atoms with Crippen molar-refractivity contribution in [1.29, 1.82) is 0 Å². The number of hydrogen-bond donors (Lipinski definition) is 0. The van der Waals surface area contributed by atoms with Crippen LogP contribution in [0.25, 0.3) is 0 Å². The van der Waals surface area contributed by atoms with Gasteiger partial charge in [0.1, 0.15) is 0 Å². The van der Waals surface area contributed by atoms with E-state index in [2.05, 4.69) is 0 Å². The van der Waals surface area contributed by atoms with Crippen LogP contribution in [-0.4, -0.2) is 45.2 Å². The highest BCUT2D eigenvalue weighted by Gasteiger charge is 2.30. The molecular formula is C12H16FNO4S3. The normalized spacial score (nSPS) is 21.3. The van der Waals surface area contributed by atoms with Crippen LogP contribution in [0.1, 0.15) is 13.3 Å². The Morgan fingerprint density at radius 3 is 2.29 bits per heavy atom. The number of thioether (sulfide) groups is 1. The molecule has 1 aromatic rings. The Hall–Kier alpha value is -0.640. The molecule has 1 aliphatic heterocycles. The van der Waals surface area contributed by atoms with Gasteiger partial charge in [-0.1, -0.05) is 6.92 Å². The van der Waals surface area contributed by atoms with Crippen LogP contribution < -0.4 is 0 Å². The van der Waals surface area contributed by atoms with Crippen molar-refractivity contribution in [2.24, 2.45) is 0 Å². The van der Waals surface area contributed by atoms with Gasteiger partial charge in [-0.05, 0) is 30.7 Å². The van der Waals surface area contributed by atoms with Gasteiger partial charge in [0, 0.05) is 24.1 Å². The molecule has 1 unspecified atom stereocenters. The van der Waals surface area contributed by atoms with Gasteiger partial charge in [0.15, 0.2) is 0 Å². The first-order chi connectivity index (χ1) is 9.75. The van der Waals surface area contributed by atoms with Crippen LogP contribution in [0.4, 0.5) is 3.89 Å². The van der Waals surface area contributed by atoms with Crippen LogP contribution in [0.15, 0.2) is 34.1 Å². The highest BCUT2D eigenvalue weighted by Crippen LogP contribution is 2.26. The molecule has 1 aliphatic rings. The smallest absolute Gasteiger partial charge is 0.207 e. The molecule has 0 aliphatic carbocycles. The zero-order chi connectivity index (χ0) is 15.7. The predicted molar refractivity (Wildman–Crippen MR) is 80.0 cm³/mol. The fourth-order valence-electron chi connectivity index (χ4n) is 2.08. The van der Waals surface area contributed by atoms with Crippen LogP contribution in [-0.2, 0) is 20.2 Å². The molecule has 1 fully saturated rings. The van der Waals surface area contributed by atoms with Crippen molar-refractivity contribution in [3.05, 3.63) is 24.3 Å². The molecule has 1 aromatic carbocycles. The average Bonchev–Trinajstić information content (AvgIpc) is 2.46. The molecule has 1 saturated heterocycles. The van der Waals surface area contributed by atoms with E-state index in [1.807, 2.05) is 6.92 Å². The van der Waals surface area contributed by atoms with Crippen LogP contribution in [0.5, 0.6) is 0 Å². The molecule has 0 saturated carbocycles. The summed E-state index contributed by atoms with van der Waals surface area (Å²) in [5.41, 5.74) is 0. The van der Waals surface area contributed by atoms with E-state index in [1.165, 1.54) is 4.31 Å². The highest BCUT2D eigenvalue weighted by atomic mass is 32.3. The standard InChI is InChI=1S/C12H16FNO4S3/c1-2-10-9-14(7-8-19-10)21(17,18)12-5-3-11(4-6-12)20(13,15)16/h3-6,10H,2,7-9H2,1H3. The summed E-state index contributed by atoms with van der Waals surface area (Å²) in [5.74, 6) is 0.731. The Balaban J connectivity index is 2.27. The largest absolute Gasteiger partial charge is 0.332 e. The van der Waals surface area contributed by atoms with Crippen molar-refractivity contribution in [3.8, 4) is 0 Å². The SMILES string of the molecule is CCC1CN(S(=O)(=O)c2ccc(S(=O)(=O)F)cc2)CCS1. The Morgan fingerprint density at radius 1 is 1.19 bits per heavy atom. The number of sulfonamides is 1. The number of nitrogens with zero attached hydrogens (tertiary/aromatic N) is 1. The number of rotatable bonds is 4. The molecule has 118 valence electrons. The zero-order valence-electron chi connectivity index (χ0n) is 11.4. The summed E-state index contributed by atoms with van der Waals surface area (Å²) in [5, 5.41) is 0.263. The maximum Gasteiger partial charge on any atom is 0.332 e. The van der Waals surface area contributed by atoms with Crippen molar-refractivity contribution in [2.45, 2.75) is 28.4 Å². The summed E-state index contributed by atoms with van der Waals surface area (Å²) in [6.45, 7) is 2.87. The Kier molecular flexibility index (Phi) is 4.96. The lowest BCUT2D eigenvalue weighted by molar-refractivity contribution is 0.416. The molecular weight excluding hydrogens is 337 g/mol. The maximum atomic E-state index is 12.8. The van der Waals surface area contributed by atoms with E-state index in [9.17, 15) is 20.7 Å². The first kappa shape index (κ1) is 16.7. The molecule has 0 radical (unpaired) electrons. The van der Waals surface area contributed by atoms with E-state index in [0.717, 1.165) is 36.4 Å². The van der Waals surface area contributed by atoms with Gasteiger partial charge in [0.25, 0.3) is 0 Å². The number of halogens is 1. The van der Waals surface area contributed by atoms with Gasteiger partial charge in [-0.25, -0.2) is 8.42 Å². The summed E-state index contributed by atoms with van der Waals surface area (Å²) >= 11 is 1.75. The lowest BCUT2D eigenvalue weighted by atomic mass is 10.3. The highest BCUT2D eigenvalue weighted by molar-refractivity contribution is 8.00. The maximum absolute atomic E-state index is 12.8. The lowest BCUT2D eigenvalue weighted by Gasteiger charge is -2.31. The molecule has 0 aromatic heterocycles. The molecule has 5 nitrogen and oxygen atoms in total. The van der Waals surface area contributed by atoms with Crippen molar-refractivity contribution in [1.82, 2.24) is 4.31 Å². The minimum Gasteiger partial charge on any atom is -0.207 e. The zero-order valence-corrected chi connectivity index (χ0v) is 13.8. The van der Waals surface area contributed by atoms with Gasteiger partial charge in [-0.15, -0.1) is 3.89 Å². The van der Waals surface area contributed by atoms with Crippen molar-refractivity contribution >= 4 is 32.0 Å². The summed E-state index contributed by atoms with van der Waals surface area (Å²) in [7, 11) is -8.48. The molecule has 0 bridgehead atoms. The van der Waals surface area contributed by atoms with Crippen LogP contribution in [0.3, 0.4) is 0 Å². The van der Waals surface area contributed by atoms with Crippen LogP contribution in [0.2, 0.25) is 0 Å². The number of benzene rings is 1. The van der Waals surface area contributed by atoms with Gasteiger partial charge in [-0.3, -0.25) is 0 Å². The summed E-state index contributed by atoms with van der Waals surface area (Å²) in [6, 6.07) is 4.20. The number of hydrogen-bond acceptors (Lipinski definition) is 5. The van der Waals surface area contributed by atoms with Crippen LogP contribution in [0, 0.1) is 0 Å². The van der Waals surface area contributed by atoms with Gasteiger partial charge in [0.2, 0.25) is 10.0 Å². The Morgan fingerprint density at radius 2 is 1.76 bits per heavy atom. The van der Waals surface area contributed by atoms with Crippen molar-refractivity contribution in [2.75, 3.05) is 18.8 Å². The molecule has 0 N–H and O–H groups in total. The third-order valence-electron chi connectivity index (χ3n) is 3.30. The van der Waals surface area contributed by atoms with E-state index in [0.29, 0.717) is 13.1 Å². The molecule has 21 heavy (non-hydrogen) atoms. The quantitative estimate of drug-likeness (QED) is 0.773. The second kappa shape index (κ2) is 6.23. The van der Waals surface area contributed by atoms with E-state index < -0.39 is 25.1 Å². The first-order valence-corrected chi connectivity index (χ1v) is 10.3. The first-order valence-electron chi connectivity index (χ1n) is 6.41. The molecule has 1 atom stereocenters. The summed E-state index contributed by atoms with van der Waals surface area (Å²) < 4.78 is 60.7. The molecule has 0 spiro atoms. The fraction of sp³-hybridized carbons (Fsp3) is 0.500. The molecule has 9 heteroatoms. The molecule has 0 amide bonds. The van der Waals surface area contributed by atoms with Gasteiger partial charge >= 0.3 is 10.2 Å². The van der Waals surface area contributed by atoms with Gasteiger partial charge < -0.3 is 0 Å². The third-order valence-corrected chi connectivity index (χ3v) is 7.39. The minimum absolute atomic E-state index is 0.0170. The predicted octanol–water partition coefficient (Wildman–Crippen LogP) is 1.86. The van der Waals surface area contributed by atoms with E-state index in [4.69, 9.17) is 0 Å². The monoisotopic (exact) mass is 353 g/mol. The second-order valence-electron chi connectivity index (χ2n) is 4.67. The average molecular weight is 353 g/mol. The van der Waals surface area contributed by atoms with E-state index in [1.54, 1.807) is 11.8 Å². The molecule has 2 rings (SSSR count). The van der Waals surface area contributed by atoms with Crippen molar-refractivity contribution < 1.29 is 20.7 Å². The fourth-order valence-corrected chi connectivity index (χ4v) is 5.42.